The van der Waals surface area contributed by atoms with Crippen LogP contribution in [0.2, 0.25) is 0 Å². The van der Waals surface area contributed by atoms with Crippen molar-refractivity contribution in [3.63, 3.8) is 0 Å². The summed E-state index contributed by atoms with van der Waals surface area (Å²) in [6, 6.07) is -0.739. The van der Waals surface area contributed by atoms with Crippen molar-refractivity contribution in [2.75, 3.05) is 13.2 Å². The molecule has 0 aliphatic carbocycles. The number of amides is 1. The fourth-order valence-corrected chi connectivity index (χ4v) is 5.77. The molecule has 0 spiro atoms. The van der Waals surface area contributed by atoms with Crippen LogP contribution in [0.4, 0.5) is 0 Å². The van der Waals surface area contributed by atoms with Gasteiger partial charge < -0.3 is 40.3 Å². The largest absolute Gasteiger partial charge is 0.394 e. The molecule has 280 valence electrons. The summed E-state index contributed by atoms with van der Waals surface area (Å²) in [5.41, 5.74) is 0. The summed E-state index contributed by atoms with van der Waals surface area (Å²) >= 11 is 0. The standard InChI is InChI=1S/C39H71NO8/c1-3-5-7-9-11-13-15-16-17-18-19-21-23-25-27-29-35(43)40-32(31-47-39-38(46)37(45)36(44)34(30-41)48-39)33(42)28-26-24-22-20-14-12-10-8-6-4-2/h11,13-14,16-17,20,32-34,36-39,41-42,44-46H,3-10,12,15,18-19,21-31H2,1-2H3,(H,40,43)/b13-11+,17-16+,20-14+/t32-,33+,34-,36-,37?,38?,39-/m0/s1. The molecule has 0 saturated carbocycles. The number of rotatable bonds is 30. The van der Waals surface area contributed by atoms with Crippen LogP contribution in [0.5, 0.6) is 0 Å². The molecule has 1 aliphatic heterocycles. The van der Waals surface area contributed by atoms with Crippen LogP contribution < -0.4 is 5.32 Å². The maximum atomic E-state index is 12.9. The van der Waals surface area contributed by atoms with Crippen molar-refractivity contribution in [3.8, 4) is 0 Å². The van der Waals surface area contributed by atoms with E-state index in [2.05, 4.69) is 55.6 Å². The molecule has 9 heteroatoms. The van der Waals surface area contributed by atoms with Gasteiger partial charge in [-0.3, -0.25) is 4.79 Å². The van der Waals surface area contributed by atoms with E-state index < -0.39 is 49.5 Å². The van der Waals surface area contributed by atoms with Gasteiger partial charge in [-0.15, -0.1) is 0 Å². The van der Waals surface area contributed by atoms with Gasteiger partial charge in [0.2, 0.25) is 5.91 Å². The third kappa shape index (κ3) is 21.5. The Balaban J connectivity index is 2.44. The summed E-state index contributed by atoms with van der Waals surface area (Å²) in [4.78, 5) is 12.9. The number of ether oxygens (including phenoxy) is 2. The highest BCUT2D eigenvalue weighted by atomic mass is 16.7. The van der Waals surface area contributed by atoms with Crippen molar-refractivity contribution in [2.24, 2.45) is 0 Å². The Hall–Kier alpha value is -1.59. The number of aliphatic hydroxyl groups is 5. The van der Waals surface area contributed by atoms with E-state index in [1.165, 1.54) is 51.4 Å². The Labute approximate surface area is 291 Å². The van der Waals surface area contributed by atoms with Gasteiger partial charge in [-0.1, -0.05) is 108 Å². The fraction of sp³-hybridized carbons (Fsp3) is 0.821. The van der Waals surface area contributed by atoms with Gasteiger partial charge in [0.05, 0.1) is 25.4 Å². The van der Waals surface area contributed by atoms with E-state index in [-0.39, 0.29) is 12.5 Å². The van der Waals surface area contributed by atoms with E-state index in [1.54, 1.807) is 0 Å². The Morgan fingerprint density at radius 2 is 1.23 bits per heavy atom. The summed E-state index contributed by atoms with van der Waals surface area (Å²) in [5, 5.41) is 53.9. The van der Waals surface area contributed by atoms with Crippen LogP contribution in [0.25, 0.3) is 0 Å². The minimum Gasteiger partial charge on any atom is -0.394 e. The number of hydrogen-bond acceptors (Lipinski definition) is 8. The molecule has 1 fully saturated rings. The first kappa shape index (κ1) is 44.4. The molecule has 0 radical (unpaired) electrons. The van der Waals surface area contributed by atoms with Gasteiger partial charge in [-0.2, -0.15) is 0 Å². The highest BCUT2D eigenvalue weighted by molar-refractivity contribution is 5.76. The van der Waals surface area contributed by atoms with Crippen molar-refractivity contribution in [1.29, 1.82) is 0 Å². The van der Waals surface area contributed by atoms with Gasteiger partial charge in [0.15, 0.2) is 6.29 Å². The molecule has 0 aromatic heterocycles. The Kier molecular flexibility index (Phi) is 28.0. The lowest BCUT2D eigenvalue weighted by atomic mass is 9.99. The van der Waals surface area contributed by atoms with Gasteiger partial charge in [0, 0.05) is 6.42 Å². The van der Waals surface area contributed by atoms with E-state index >= 15 is 0 Å². The Morgan fingerprint density at radius 1 is 0.708 bits per heavy atom. The normalized spacial score (nSPS) is 23.0. The number of nitrogens with one attached hydrogen (secondary N) is 1. The molecule has 1 rings (SSSR count). The summed E-state index contributed by atoms with van der Waals surface area (Å²) in [7, 11) is 0. The molecule has 1 aliphatic rings. The quantitative estimate of drug-likeness (QED) is 0.0370. The number of unbranched alkanes of at least 4 members (excludes halogenated alkanes) is 14. The molecule has 2 unspecified atom stereocenters. The second-order valence-electron chi connectivity index (χ2n) is 13.4. The summed E-state index contributed by atoms with van der Waals surface area (Å²) in [5.74, 6) is -0.173. The van der Waals surface area contributed by atoms with Crippen LogP contribution in [0.3, 0.4) is 0 Å². The van der Waals surface area contributed by atoms with Crippen LogP contribution in [0, 0.1) is 0 Å². The summed E-state index contributed by atoms with van der Waals surface area (Å²) < 4.78 is 11.2. The van der Waals surface area contributed by atoms with Crippen LogP contribution >= 0.6 is 0 Å². The maximum absolute atomic E-state index is 12.9. The topological polar surface area (TPSA) is 149 Å². The average molecular weight is 682 g/mol. The molecule has 0 aromatic rings. The number of carbonyl (C=O) groups is 1. The SMILES string of the molecule is CCCCC/C=C/C/C=C/CCCCCCCC(=O)N[C@@H](CO[C@H]1O[C@@H](CO)[C@H](O)C(O)C1O)[C@H](O)CCCC/C=C/CCCCCC. The number of hydrogen-bond donors (Lipinski definition) is 6. The maximum Gasteiger partial charge on any atom is 0.220 e. The predicted molar refractivity (Wildman–Crippen MR) is 193 cm³/mol. The molecule has 0 aromatic carbocycles. The van der Waals surface area contributed by atoms with Crippen molar-refractivity contribution < 1.29 is 39.8 Å². The zero-order valence-corrected chi connectivity index (χ0v) is 30.2. The fourth-order valence-electron chi connectivity index (χ4n) is 5.77. The third-order valence-corrected chi connectivity index (χ3v) is 8.97. The number of allylic oxidation sites excluding steroid dienone is 6. The molecule has 7 atom stereocenters. The Morgan fingerprint density at radius 3 is 1.85 bits per heavy atom. The molecular weight excluding hydrogens is 610 g/mol. The van der Waals surface area contributed by atoms with Crippen molar-refractivity contribution in [1.82, 2.24) is 5.32 Å². The molecule has 1 saturated heterocycles. The second-order valence-corrected chi connectivity index (χ2v) is 13.4. The van der Waals surface area contributed by atoms with Crippen molar-refractivity contribution in [3.05, 3.63) is 36.5 Å². The minimum atomic E-state index is -1.56. The molecule has 1 amide bonds. The van der Waals surface area contributed by atoms with Crippen LogP contribution in [0.1, 0.15) is 149 Å². The van der Waals surface area contributed by atoms with E-state index in [9.17, 15) is 30.3 Å². The van der Waals surface area contributed by atoms with Crippen LogP contribution in [0.15, 0.2) is 36.5 Å². The zero-order valence-electron chi connectivity index (χ0n) is 30.2. The first-order valence-electron chi connectivity index (χ1n) is 19.2. The smallest absolute Gasteiger partial charge is 0.220 e. The number of carbonyl (C=O) groups excluding carboxylic acids is 1. The molecule has 6 N–H and O–H groups in total. The molecule has 9 nitrogen and oxygen atoms in total. The van der Waals surface area contributed by atoms with E-state index in [0.29, 0.717) is 12.8 Å². The molecule has 0 bridgehead atoms. The highest BCUT2D eigenvalue weighted by Crippen LogP contribution is 2.22. The van der Waals surface area contributed by atoms with Gasteiger partial charge in [0.1, 0.15) is 24.4 Å². The Bertz CT molecular complexity index is 848. The van der Waals surface area contributed by atoms with Gasteiger partial charge in [-0.05, 0) is 70.6 Å². The van der Waals surface area contributed by atoms with E-state index in [1.807, 2.05) is 0 Å². The molecular formula is C39H71NO8. The van der Waals surface area contributed by atoms with Crippen LogP contribution in [-0.2, 0) is 14.3 Å². The van der Waals surface area contributed by atoms with E-state index in [0.717, 1.165) is 70.6 Å². The van der Waals surface area contributed by atoms with Crippen molar-refractivity contribution in [2.45, 2.75) is 192 Å². The molecule has 1 heterocycles. The third-order valence-electron chi connectivity index (χ3n) is 8.97. The second kappa shape index (κ2) is 30.3. The summed E-state index contributed by atoms with van der Waals surface area (Å²) in [6.07, 6.45) is 27.2. The van der Waals surface area contributed by atoms with Crippen LogP contribution in [-0.4, -0.2) is 87.5 Å². The minimum absolute atomic E-state index is 0.157. The molecule has 48 heavy (non-hydrogen) atoms. The van der Waals surface area contributed by atoms with Crippen molar-refractivity contribution >= 4 is 5.91 Å². The first-order chi connectivity index (χ1) is 23.3. The van der Waals surface area contributed by atoms with E-state index in [4.69, 9.17) is 9.47 Å². The lowest BCUT2D eigenvalue weighted by Gasteiger charge is -2.40. The monoisotopic (exact) mass is 682 g/mol. The van der Waals surface area contributed by atoms with Gasteiger partial charge >= 0.3 is 0 Å². The van der Waals surface area contributed by atoms with Gasteiger partial charge in [-0.25, -0.2) is 0 Å². The lowest BCUT2D eigenvalue weighted by molar-refractivity contribution is -0.302. The summed E-state index contributed by atoms with van der Waals surface area (Å²) in [6.45, 7) is 3.71. The lowest BCUT2D eigenvalue weighted by Crippen LogP contribution is -2.60. The van der Waals surface area contributed by atoms with Gasteiger partial charge in [0.25, 0.3) is 0 Å². The zero-order chi connectivity index (χ0) is 35.2. The highest BCUT2D eigenvalue weighted by Gasteiger charge is 2.44. The first-order valence-corrected chi connectivity index (χ1v) is 19.2. The predicted octanol–water partition coefficient (Wildman–Crippen LogP) is 6.55. The number of aliphatic hydroxyl groups excluding tert-OH is 5. The average Bonchev–Trinajstić information content (AvgIpc) is 3.08.